The van der Waals surface area contributed by atoms with Gasteiger partial charge in [-0.1, -0.05) is 76.9 Å². The predicted molar refractivity (Wildman–Crippen MR) is 99.8 cm³/mol. The second kappa shape index (κ2) is 23.4. The highest BCUT2D eigenvalue weighted by atomic mass is 16.4. The Labute approximate surface area is 144 Å². The molecule has 0 saturated carbocycles. The molecule has 0 fully saturated rings. The number of aliphatic carboxylic acids is 1. The first-order valence-electron chi connectivity index (χ1n) is 9.60. The quantitative estimate of drug-likeness (QED) is 0.282. The molecule has 0 radical (unpaired) electrons. The number of aliphatic hydroxyl groups excluding tert-OH is 1. The zero-order valence-corrected chi connectivity index (χ0v) is 15.6. The predicted octanol–water partition coefficient (Wildman–Crippen LogP) is 6.11. The second-order valence-corrected chi connectivity index (χ2v) is 6.18. The van der Waals surface area contributed by atoms with E-state index in [0.29, 0.717) is 6.61 Å². The molecule has 0 rings (SSSR count). The monoisotopic (exact) mass is 328 g/mol. The molecule has 3 heteroatoms. The third-order valence-corrected chi connectivity index (χ3v) is 3.67. The third kappa shape index (κ3) is 33.8. The van der Waals surface area contributed by atoms with Crippen LogP contribution < -0.4 is 0 Å². The highest BCUT2D eigenvalue weighted by Gasteiger charge is 1.90. The number of carboxylic acids is 1. The van der Waals surface area contributed by atoms with Crippen molar-refractivity contribution in [1.82, 2.24) is 0 Å². The van der Waals surface area contributed by atoms with Crippen LogP contribution in [-0.4, -0.2) is 22.8 Å². The number of allylic oxidation sites excluding steroid dienone is 2. The Morgan fingerprint density at radius 1 is 0.739 bits per heavy atom. The van der Waals surface area contributed by atoms with Crippen molar-refractivity contribution in [3.63, 3.8) is 0 Å². The van der Waals surface area contributed by atoms with E-state index < -0.39 is 5.97 Å². The highest BCUT2D eigenvalue weighted by molar-refractivity contribution is 5.62. The fraction of sp³-hybridized carbons (Fsp3) is 0.850. The van der Waals surface area contributed by atoms with Gasteiger partial charge in [0.1, 0.15) is 0 Å². The normalized spacial score (nSPS) is 10.6. The van der Waals surface area contributed by atoms with Crippen LogP contribution in [0.5, 0.6) is 0 Å². The molecular weight excluding hydrogens is 288 g/mol. The standard InChI is InChI=1S/C18H36O.C2H4O2/c1-2-3-4-5-6-7-8-9-10-11-12-13-14-15-16-17-18-19;1-2(3)4/h9-10,19H,2-8,11-18H2,1H3;1H3,(H,3,4). The summed E-state index contributed by atoms with van der Waals surface area (Å²) in [5.41, 5.74) is 0. The minimum Gasteiger partial charge on any atom is -0.481 e. The molecule has 0 amide bonds. The zero-order valence-electron chi connectivity index (χ0n) is 15.6. The van der Waals surface area contributed by atoms with Crippen LogP contribution in [0.3, 0.4) is 0 Å². The lowest BCUT2D eigenvalue weighted by Crippen LogP contribution is -1.83. The Kier molecular flexibility index (Phi) is 24.9. The summed E-state index contributed by atoms with van der Waals surface area (Å²) in [7, 11) is 0. The Morgan fingerprint density at radius 3 is 1.48 bits per heavy atom. The van der Waals surface area contributed by atoms with Crippen LogP contribution in [0.25, 0.3) is 0 Å². The van der Waals surface area contributed by atoms with Gasteiger partial charge in [0.2, 0.25) is 0 Å². The summed E-state index contributed by atoms with van der Waals surface area (Å²) in [5, 5.41) is 16.1. The van der Waals surface area contributed by atoms with Gasteiger partial charge in [-0.3, -0.25) is 4.79 Å². The van der Waals surface area contributed by atoms with Crippen molar-refractivity contribution >= 4 is 5.97 Å². The van der Waals surface area contributed by atoms with Crippen LogP contribution in [-0.2, 0) is 4.79 Å². The topological polar surface area (TPSA) is 57.5 Å². The van der Waals surface area contributed by atoms with E-state index in [1.54, 1.807) is 0 Å². The Hall–Kier alpha value is -0.830. The van der Waals surface area contributed by atoms with Crippen molar-refractivity contribution in [2.45, 2.75) is 104 Å². The zero-order chi connectivity index (χ0) is 17.6. The molecule has 0 saturated heterocycles. The van der Waals surface area contributed by atoms with Crippen molar-refractivity contribution in [2.24, 2.45) is 0 Å². The molecule has 0 spiro atoms. The summed E-state index contributed by atoms with van der Waals surface area (Å²) in [6, 6.07) is 0. The number of aliphatic hydroxyl groups is 1. The van der Waals surface area contributed by atoms with Crippen LogP contribution in [0, 0.1) is 0 Å². The van der Waals surface area contributed by atoms with E-state index in [0.717, 1.165) is 13.3 Å². The molecule has 3 nitrogen and oxygen atoms in total. The van der Waals surface area contributed by atoms with E-state index in [2.05, 4.69) is 19.1 Å². The van der Waals surface area contributed by atoms with E-state index in [1.807, 2.05) is 0 Å². The number of hydrogen-bond donors (Lipinski definition) is 2. The first-order valence-corrected chi connectivity index (χ1v) is 9.60. The van der Waals surface area contributed by atoms with Crippen LogP contribution in [0.4, 0.5) is 0 Å². The van der Waals surface area contributed by atoms with Crippen LogP contribution in [0.15, 0.2) is 12.2 Å². The minimum absolute atomic E-state index is 0.362. The molecule has 0 atom stereocenters. The first-order chi connectivity index (χ1) is 11.1. The van der Waals surface area contributed by atoms with Crippen molar-refractivity contribution in [3.8, 4) is 0 Å². The van der Waals surface area contributed by atoms with E-state index in [4.69, 9.17) is 15.0 Å². The minimum atomic E-state index is -0.833. The molecule has 0 aliphatic rings. The fourth-order valence-electron chi connectivity index (χ4n) is 2.36. The molecule has 138 valence electrons. The molecule has 0 aliphatic heterocycles. The maximum atomic E-state index is 9.00. The molecule has 0 aromatic rings. The van der Waals surface area contributed by atoms with Gasteiger partial charge >= 0.3 is 0 Å². The molecule has 0 heterocycles. The summed E-state index contributed by atoms with van der Waals surface area (Å²) in [5.74, 6) is -0.833. The number of hydrogen-bond acceptors (Lipinski definition) is 2. The molecule has 23 heavy (non-hydrogen) atoms. The van der Waals surface area contributed by atoms with Crippen LogP contribution >= 0.6 is 0 Å². The van der Waals surface area contributed by atoms with Crippen molar-refractivity contribution in [3.05, 3.63) is 12.2 Å². The number of unbranched alkanes of at least 4 members (excludes halogenated alkanes) is 12. The van der Waals surface area contributed by atoms with Crippen LogP contribution in [0.2, 0.25) is 0 Å². The Bertz CT molecular complexity index is 245. The average molecular weight is 329 g/mol. The first kappa shape index (κ1) is 24.4. The van der Waals surface area contributed by atoms with Crippen molar-refractivity contribution in [1.29, 1.82) is 0 Å². The SMILES string of the molecule is CC(=O)O.CCCCCCCCC=CCCCCCCCCO. The smallest absolute Gasteiger partial charge is 0.300 e. The van der Waals surface area contributed by atoms with Gasteiger partial charge in [0.25, 0.3) is 5.97 Å². The van der Waals surface area contributed by atoms with Crippen molar-refractivity contribution < 1.29 is 15.0 Å². The van der Waals surface area contributed by atoms with Gasteiger partial charge in [-0.2, -0.15) is 0 Å². The maximum Gasteiger partial charge on any atom is 0.300 e. The highest BCUT2D eigenvalue weighted by Crippen LogP contribution is 2.09. The molecule has 0 unspecified atom stereocenters. The fourth-order valence-corrected chi connectivity index (χ4v) is 2.36. The van der Waals surface area contributed by atoms with Gasteiger partial charge in [0.15, 0.2) is 0 Å². The van der Waals surface area contributed by atoms with E-state index >= 15 is 0 Å². The largest absolute Gasteiger partial charge is 0.481 e. The van der Waals surface area contributed by atoms with Gasteiger partial charge in [-0.15, -0.1) is 0 Å². The number of carboxylic acid groups (broad SMARTS) is 1. The molecule has 0 aromatic heterocycles. The lowest BCUT2D eigenvalue weighted by molar-refractivity contribution is -0.134. The average Bonchev–Trinajstić information content (AvgIpc) is 2.50. The number of rotatable bonds is 15. The molecule has 0 aliphatic carbocycles. The summed E-state index contributed by atoms with van der Waals surface area (Å²) in [6.45, 7) is 3.72. The second-order valence-electron chi connectivity index (χ2n) is 6.18. The maximum absolute atomic E-state index is 9.00. The third-order valence-electron chi connectivity index (χ3n) is 3.67. The van der Waals surface area contributed by atoms with E-state index in [1.165, 1.54) is 83.5 Å². The molecule has 0 bridgehead atoms. The van der Waals surface area contributed by atoms with Gasteiger partial charge in [-0.05, 0) is 32.1 Å². The summed E-state index contributed by atoms with van der Waals surface area (Å²) in [6.07, 6.45) is 23.2. The lowest BCUT2D eigenvalue weighted by atomic mass is 10.1. The molecule has 2 N–H and O–H groups in total. The van der Waals surface area contributed by atoms with Gasteiger partial charge < -0.3 is 10.2 Å². The summed E-state index contributed by atoms with van der Waals surface area (Å²) < 4.78 is 0. The van der Waals surface area contributed by atoms with Gasteiger partial charge in [0, 0.05) is 13.5 Å². The van der Waals surface area contributed by atoms with Crippen LogP contribution in [0.1, 0.15) is 104 Å². The summed E-state index contributed by atoms with van der Waals surface area (Å²) in [4.78, 5) is 9.00. The molecule has 0 aromatic carbocycles. The van der Waals surface area contributed by atoms with E-state index in [9.17, 15) is 0 Å². The number of carbonyl (C=O) groups is 1. The van der Waals surface area contributed by atoms with E-state index in [-0.39, 0.29) is 0 Å². The Morgan fingerprint density at radius 2 is 1.09 bits per heavy atom. The van der Waals surface area contributed by atoms with Gasteiger partial charge in [-0.25, -0.2) is 0 Å². The Balaban J connectivity index is 0. The van der Waals surface area contributed by atoms with Gasteiger partial charge in [0.05, 0.1) is 0 Å². The summed E-state index contributed by atoms with van der Waals surface area (Å²) >= 11 is 0. The lowest BCUT2D eigenvalue weighted by Gasteiger charge is -1.99. The van der Waals surface area contributed by atoms with Crippen molar-refractivity contribution in [2.75, 3.05) is 6.61 Å². The molecular formula is C20H40O3.